The van der Waals surface area contributed by atoms with Crippen molar-refractivity contribution < 1.29 is 0 Å². The summed E-state index contributed by atoms with van der Waals surface area (Å²) in [6.45, 7) is 13.9. The SMILES string of the molecule is c1cc2cc(c1)SCCN1CCSc3cccc(c3)CN(Cc3c4ccccc4cc4ccccc34)CCN(CCN(Cc3c4ccccc4cc4ccccc34)C2)CCN(Cc2c3ccccc3cc3ccccc23)Cc2cccc(c2)SCC1. The molecule has 0 saturated heterocycles. The van der Waals surface area contributed by atoms with E-state index in [1.165, 1.54) is 113 Å². The Kier molecular flexibility index (Phi) is 17.8. The van der Waals surface area contributed by atoms with E-state index < -0.39 is 0 Å². The number of hydrogen-bond donors (Lipinski definition) is 0. The van der Waals surface area contributed by atoms with E-state index in [1.807, 2.05) is 35.3 Å². The fourth-order valence-electron chi connectivity index (χ4n) is 13.5. The van der Waals surface area contributed by atoms with Gasteiger partial charge in [0.15, 0.2) is 0 Å². The Bertz CT molecular complexity index is 3730. The molecular weight excluding hydrogens is 1100 g/mol. The number of nitrogens with zero attached hydrogens (tertiary/aromatic N) is 5. The molecule has 0 radical (unpaired) electrons. The second-order valence-corrected chi connectivity index (χ2v) is 27.2. The Morgan fingerprint density at radius 3 is 0.779 bits per heavy atom. The Labute approximate surface area is 521 Å². The summed E-state index contributed by atoms with van der Waals surface area (Å²) < 4.78 is 0. The summed E-state index contributed by atoms with van der Waals surface area (Å²) in [6, 6.07) is 90.1. The zero-order valence-corrected chi connectivity index (χ0v) is 51.7. The number of hydrogen-bond acceptors (Lipinski definition) is 8. The number of fused-ring (bicyclic) bond motifs is 21. The Morgan fingerprint density at radius 1 is 0.244 bits per heavy atom. The molecule has 0 saturated carbocycles. The van der Waals surface area contributed by atoms with E-state index in [1.54, 1.807) is 0 Å². The summed E-state index contributed by atoms with van der Waals surface area (Å²) in [4.78, 5) is 18.0. The first-order valence-electron chi connectivity index (χ1n) is 31.0. The van der Waals surface area contributed by atoms with Crippen molar-refractivity contribution in [2.24, 2.45) is 0 Å². The van der Waals surface area contributed by atoms with Gasteiger partial charge in [0.1, 0.15) is 0 Å². The smallest absolute Gasteiger partial charge is 0.0250 e. The zero-order valence-electron chi connectivity index (χ0n) is 49.2. The average molecular weight is 1180 g/mol. The molecule has 12 aromatic rings. The molecule has 0 atom stereocenters. The van der Waals surface area contributed by atoms with Crippen LogP contribution in [0.3, 0.4) is 0 Å². The highest BCUT2D eigenvalue weighted by molar-refractivity contribution is 7.99. The highest BCUT2D eigenvalue weighted by Gasteiger charge is 2.22. The van der Waals surface area contributed by atoms with Crippen LogP contribution in [0, 0.1) is 0 Å². The van der Waals surface area contributed by atoms with E-state index in [4.69, 9.17) is 0 Å². The first-order chi connectivity index (χ1) is 42.5. The summed E-state index contributed by atoms with van der Waals surface area (Å²) in [5.74, 6) is 3.15. The predicted octanol–water partition coefficient (Wildman–Crippen LogP) is 17.9. The van der Waals surface area contributed by atoms with E-state index in [2.05, 4.69) is 261 Å². The van der Waals surface area contributed by atoms with Crippen LogP contribution in [-0.2, 0) is 39.3 Å². The van der Waals surface area contributed by atoms with Gasteiger partial charge in [0.2, 0.25) is 0 Å². The van der Waals surface area contributed by atoms with Crippen LogP contribution < -0.4 is 0 Å². The molecule has 86 heavy (non-hydrogen) atoms. The molecule has 12 aromatic carbocycles. The fourth-order valence-corrected chi connectivity index (χ4v) is 16.5. The quantitative estimate of drug-likeness (QED) is 0.151. The van der Waals surface area contributed by atoms with Crippen LogP contribution in [0.5, 0.6) is 0 Å². The molecule has 0 fully saturated rings. The van der Waals surface area contributed by atoms with E-state index in [9.17, 15) is 0 Å². The molecule has 0 spiro atoms. The van der Waals surface area contributed by atoms with Crippen LogP contribution in [0.15, 0.2) is 251 Å². The maximum atomic E-state index is 2.84. The molecule has 0 aliphatic carbocycles. The van der Waals surface area contributed by atoms with Gasteiger partial charge in [-0.25, -0.2) is 0 Å². The van der Waals surface area contributed by atoms with Gasteiger partial charge in [0.05, 0.1) is 0 Å². The highest BCUT2D eigenvalue weighted by Crippen LogP contribution is 2.35. The van der Waals surface area contributed by atoms with Gasteiger partial charge in [-0.1, -0.05) is 182 Å². The minimum atomic E-state index is 0.852. The molecule has 0 amide bonds. The Morgan fingerprint density at radius 2 is 0.500 bits per heavy atom. The first-order valence-corrected chi connectivity index (χ1v) is 34.0. The van der Waals surface area contributed by atoms with Gasteiger partial charge in [0, 0.05) is 130 Å². The van der Waals surface area contributed by atoms with Crippen molar-refractivity contribution in [2.45, 2.75) is 54.0 Å². The van der Waals surface area contributed by atoms with E-state index in [0.29, 0.717) is 0 Å². The van der Waals surface area contributed by atoms with Crippen LogP contribution in [-0.4, -0.2) is 101 Å². The number of thioether (sulfide) groups is 3. The zero-order chi connectivity index (χ0) is 57.4. The van der Waals surface area contributed by atoms with Crippen LogP contribution >= 0.6 is 35.3 Å². The molecular formula is C78H75N5S3. The van der Waals surface area contributed by atoms with E-state index >= 15 is 0 Å². The third-order valence-electron chi connectivity index (χ3n) is 17.9. The van der Waals surface area contributed by atoms with Gasteiger partial charge in [-0.05, 0) is 153 Å². The predicted molar refractivity (Wildman–Crippen MR) is 371 cm³/mol. The summed E-state index contributed by atoms with van der Waals surface area (Å²) in [6.07, 6.45) is 0. The topological polar surface area (TPSA) is 16.2 Å². The van der Waals surface area contributed by atoms with Crippen molar-refractivity contribution in [3.63, 3.8) is 0 Å². The van der Waals surface area contributed by atoms with Crippen molar-refractivity contribution >= 4 is 99.9 Å². The van der Waals surface area contributed by atoms with Gasteiger partial charge in [-0.3, -0.25) is 19.6 Å². The van der Waals surface area contributed by atoms with E-state index in [0.717, 1.165) is 115 Å². The molecule has 8 bridgehead atoms. The third-order valence-corrected chi connectivity index (χ3v) is 20.9. The minimum Gasteiger partial charge on any atom is -0.301 e. The molecule has 430 valence electrons. The van der Waals surface area contributed by atoms with Crippen LogP contribution in [0.25, 0.3) is 64.6 Å². The second kappa shape index (κ2) is 27.0. The normalized spacial score (nSPS) is 17.9. The monoisotopic (exact) mass is 1180 g/mol. The molecule has 0 N–H and O–H groups in total. The van der Waals surface area contributed by atoms with E-state index in [-0.39, 0.29) is 0 Å². The first kappa shape index (κ1) is 56.8. The molecule has 3 aliphatic heterocycles. The van der Waals surface area contributed by atoms with Crippen LogP contribution in [0.1, 0.15) is 33.4 Å². The van der Waals surface area contributed by atoms with Crippen molar-refractivity contribution in [2.75, 3.05) is 76.2 Å². The Balaban J connectivity index is 0.890. The van der Waals surface area contributed by atoms with Crippen molar-refractivity contribution in [1.82, 2.24) is 24.5 Å². The molecule has 0 aromatic heterocycles. The van der Waals surface area contributed by atoms with Gasteiger partial charge in [-0.2, -0.15) is 0 Å². The second-order valence-electron chi connectivity index (χ2n) is 23.7. The molecule has 3 aliphatic rings. The highest BCUT2D eigenvalue weighted by atomic mass is 32.2. The fraction of sp³-hybridized carbons (Fsp3) is 0.231. The van der Waals surface area contributed by atoms with Gasteiger partial charge >= 0.3 is 0 Å². The maximum absolute atomic E-state index is 2.84. The third kappa shape index (κ3) is 13.4. The van der Waals surface area contributed by atoms with Crippen LogP contribution in [0.2, 0.25) is 0 Å². The lowest BCUT2D eigenvalue weighted by Gasteiger charge is -2.33. The lowest BCUT2D eigenvalue weighted by molar-refractivity contribution is 0.143. The lowest BCUT2D eigenvalue weighted by atomic mass is 9.96. The molecule has 0 unspecified atom stereocenters. The maximum Gasteiger partial charge on any atom is 0.0250 e. The molecule has 5 nitrogen and oxygen atoms in total. The number of benzene rings is 12. The van der Waals surface area contributed by atoms with Gasteiger partial charge in [0.25, 0.3) is 0 Å². The van der Waals surface area contributed by atoms with Gasteiger partial charge in [-0.15, -0.1) is 35.3 Å². The van der Waals surface area contributed by atoms with Crippen molar-refractivity contribution in [3.05, 3.63) is 270 Å². The Hall–Kier alpha value is -6.95. The van der Waals surface area contributed by atoms with Crippen molar-refractivity contribution in [3.8, 4) is 0 Å². The standard InChI is InChI=1S/C78H75N5S3/c1-7-28-70-61(19-1)49-62-20-2-8-29-71(62)76(70)55-81-37-34-79-35-38-82(56-77-72-30-9-3-21-63(72)50-64-22-4-10-31-73(64)77)53-59-17-14-26-68(47-59)85-44-41-80(40-43-84-67-25-13-16-58(46-67)52-81)42-45-86-69-27-15-18-60(48-69)54-83(39-36-79)57-78-74-32-11-5-23-65(74)51-66-24-6-12-33-75(66)78/h1-33,46-51H,34-45,52-57H2. The average Bonchev–Trinajstić information content (AvgIpc) is 2.91. The molecule has 8 heteroatoms. The molecule has 15 rings (SSSR count). The summed E-state index contributed by atoms with van der Waals surface area (Å²) in [5, 5.41) is 15.9. The summed E-state index contributed by atoms with van der Waals surface area (Å²) in [5.41, 5.74) is 8.39. The van der Waals surface area contributed by atoms with Crippen molar-refractivity contribution in [1.29, 1.82) is 0 Å². The summed E-state index contributed by atoms with van der Waals surface area (Å²) in [7, 11) is 0. The minimum absolute atomic E-state index is 0.852. The van der Waals surface area contributed by atoms with Crippen LogP contribution in [0.4, 0.5) is 0 Å². The molecule has 3 heterocycles. The largest absolute Gasteiger partial charge is 0.301 e. The lowest BCUT2D eigenvalue weighted by Crippen LogP contribution is -2.42. The number of rotatable bonds is 6. The summed E-state index contributed by atoms with van der Waals surface area (Å²) >= 11 is 6.06. The van der Waals surface area contributed by atoms with Gasteiger partial charge < -0.3 is 4.90 Å².